The molecule has 0 bridgehead atoms. The van der Waals surface area contributed by atoms with E-state index in [0.29, 0.717) is 16.9 Å². The molecule has 2 aromatic heterocycles. The topological polar surface area (TPSA) is 110 Å². The Morgan fingerprint density at radius 3 is 1.96 bits per heavy atom. The van der Waals surface area contributed by atoms with E-state index in [1.165, 1.54) is 46.9 Å². The number of nitrogens with zero attached hydrogens (tertiary/aromatic N) is 2. The maximum absolute atomic E-state index is 14.6. The van der Waals surface area contributed by atoms with Crippen LogP contribution in [0, 0.1) is 19.8 Å². The lowest BCUT2D eigenvalue weighted by atomic mass is 9.76. The largest absolute Gasteiger partial charge is 0.465 e. The van der Waals surface area contributed by atoms with Crippen LogP contribution < -0.4 is 0 Å². The van der Waals surface area contributed by atoms with Gasteiger partial charge in [-0.1, -0.05) is 47.5 Å². The summed E-state index contributed by atoms with van der Waals surface area (Å²) in [4.78, 5) is 15.5. The van der Waals surface area contributed by atoms with Crippen molar-refractivity contribution in [2.75, 3.05) is 13.2 Å². The number of carbonyl (C=O) groups is 1. The highest BCUT2D eigenvalue weighted by atomic mass is 32.2. The number of benzene rings is 2. The van der Waals surface area contributed by atoms with Gasteiger partial charge in [0.25, 0.3) is 20.0 Å². The van der Waals surface area contributed by atoms with E-state index in [1.807, 2.05) is 48.9 Å². The molecule has 1 aliphatic heterocycles. The van der Waals surface area contributed by atoms with Gasteiger partial charge in [0.05, 0.1) is 22.9 Å². The van der Waals surface area contributed by atoms with Crippen LogP contribution in [0.25, 0.3) is 11.1 Å². The van der Waals surface area contributed by atoms with E-state index in [9.17, 15) is 21.6 Å². The fourth-order valence-electron chi connectivity index (χ4n) is 5.47. The van der Waals surface area contributed by atoms with Gasteiger partial charge in [0.1, 0.15) is 5.92 Å². The van der Waals surface area contributed by atoms with Crippen molar-refractivity contribution in [3.63, 3.8) is 0 Å². The van der Waals surface area contributed by atoms with Gasteiger partial charge in [-0.25, -0.2) is 12.7 Å². The first-order valence-corrected chi connectivity index (χ1v) is 18.9. The Labute approximate surface area is 271 Å². The zero-order valence-electron chi connectivity index (χ0n) is 24.8. The monoisotopic (exact) mass is 678 g/mol. The second kappa shape index (κ2) is 12.2. The maximum atomic E-state index is 14.6. The van der Waals surface area contributed by atoms with Crippen LogP contribution in [0.1, 0.15) is 34.2 Å². The average Bonchev–Trinajstić information content (AvgIpc) is 3.70. The minimum atomic E-state index is -4.48. The van der Waals surface area contributed by atoms with Gasteiger partial charge in [0.15, 0.2) is 5.84 Å². The number of allylic oxidation sites excluding steroid dienone is 1. The van der Waals surface area contributed by atoms with Crippen molar-refractivity contribution < 1.29 is 26.4 Å². The highest BCUT2D eigenvalue weighted by Crippen LogP contribution is 2.51. The number of thiophene rings is 2. The zero-order chi connectivity index (χ0) is 31.9. The number of carbonyl (C=O) groups excluding carboxylic acids is 1. The van der Waals surface area contributed by atoms with E-state index < -0.39 is 37.8 Å². The molecule has 0 amide bonds. The van der Waals surface area contributed by atoms with Crippen LogP contribution in [0.2, 0.25) is 0 Å². The predicted molar refractivity (Wildman–Crippen MR) is 178 cm³/mol. The van der Waals surface area contributed by atoms with Crippen molar-refractivity contribution in [3.8, 4) is 0 Å². The lowest BCUT2D eigenvalue weighted by molar-refractivity contribution is -0.144. The number of hydrogen-bond donors (Lipinski definition) is 0. The SMILES string of the molecule is CCOC(=O)C1C(c2cccs2)=C2CC(c3cccs3)=C2CN(S(=O)(=O)c2ccc(C)cc2)/C1=N/S(=O)(=O)c1ccc(C)cc1. The third-order valence-electron chi connectivity index (χ3n) is 7.78. The highest BCUT2D eigenvalue weighted by molar-refractivity contribution is 7.91. The summed E-state index contributed by atoms with van der Waals surface area (Å²) < 4.78 is 67.8. The van der Waals surface area contributed by atoms with Crippen LogP contribution in [0.4, 0.5) is 0 Å². The first-order valence-electron chi connectivity index (χ1n) is 14.2. The molecule has 232 valence electrons. The molecule has 3 heterocycles. The highest BCUT2D eigenvalue weighted by Gasteiger charge is 2.47. The van der Waals surface area contributed by atoms with Crippen molar-refractivity contribution in [2.45, 2.75) is 37.0 Å². The summed E-state index contributed by atoms with van der Waals surface area (Å²) in [6.07, 6.45) is 0.482. The number of ether oxygens (including phenoxy) is 1. The molecule has 6 rings (SSSR count). The molecule has 0 saturated heterocycles. The molecular formula is C33H30N2O6S4. The summed E-state index contributed by atoms with van der Waals surface area (Å²) in [6.45, 7) is 5.13. The molecule has 2 aromatic carbocycles. The van der Waals surface area contributed by atoms with E-state index in [-0.39, 0.29) is 22.9 Å². The maximum Gasteiger partial charge on any atom is 0.321 e. The van der Waals surface area contributed by atoms with Crippen molar-refractivity contribution in [2.24, 2.45) is 10.3 Å². The molecule has 1 unspecified atom stereocenters. The van der Waals surface area contributed by atoms with Crippen molar-refractivity contribution in [1.82, 2.24) is 4.31 Å². The van der Waals surface area contributed by atoms with Crippen LogP contribution in [0.3, 0.4) is 0 Å². The third-order valence-corrected chi connectivity index (χ3v) is 12.7. The molecule has 4 aromatic rings. The van der Waals surface area contributed by atoms with Gasteiger partial charge in [-0.2, -0.15) is 8.42 Å². The predicted octanol–water partition coefficient (Wildman–Crippen LogP) is 6.71. The third kappa shape index (κ3) is 5.83. The lowest BCUT2D eigenvalue weighted by Crippen LogP contribution is -2.44. The van der Waals surface area contributed by atoms with Gasteiger partial charge < -0.3 is 4.74 Å². The molecule has 0 spiro atoms. The Morgan fingerprint density at radius 2 is 1.40 bits per heavy atom. The van der Waals surface area contributed by atoms with E-state index in [2.05, 4.69) is 4.40 Å². The molecule has 45 heavy (non-hydrogen) atoms. The minimum Gasteiger partial charge on any atom is -0.465 e. The summed E-state index contributed by atoms with van der Waals surface area (Å²) in [5.74, 6) is -2.62. The van der Waals surface area contributed by atoms with E-state index >= 15 is 0 Å². The van der Waals surface area contributed by atoms with Gasteiger partial charge in [0.2, 0.25) is 0 Å². The first-order chi connectivity index (χ1) is 21.5. The summed E-state index contributed by atoms with van der Waals surface area (Å²) in [7, 11) is -8.90. The lowest BCUT2D eigenvalue weighted by Gasteiger charge is -2.31. The molecule has 12 heteroatoms. The van der Waals surface area contributed by atoms with Crippen LogP contribution in [0.5, 0.6) is 0 Å². The molecule has 1 atom stereocenters. The number of esters is 1. The molecule has 0 fully saturated rings. The fourth-order valence-corrected chi connectivity index (χ4v) is 9.61. The second-order valence-corrected chi connectivity index (χ2v) is 16.1. The minimum absolute atomic E-state index is 0.00817. The van der Waals surface area contributed by atoms with E-state index in [4.69, 9.17) is 4.74 Å². The van der Waals surface area contributed by atoms with Gasteiger partial charge in [-0.3, -0.25) is 4.79 Å². The van der Waals surface area contributed by atoms with Gasteiger partial charge in [-0.05, 0) is 96.6 Å². The number of sulfonamides is 2. The number of rotatable bonds is 8. The number of fused-ring (bicyclic) bond motifs is 1. The summed E-state index contributed by atoms with van der Waals surface area (Å²) in [5, 5.41) is 3.81. The smallest absolute Gasteiger partial charge is 0.321 e. The molecule has 2 aliphatic rings. The van der Waals surface area contributed by atoms with Crippen LogP contribution in [-0.2, 0) is 29.6 Å². The number of aryl methyl sites for hydroxylation is 2. The molecule has 0 N–H and O–H groups in total. The Hall–Kier alpha value is -3.84. The van der Waals surface area contributed by atoms with Crippen LogP contribution in [-0.4, -0.2) is 46.1 Å². The summed E-state index contributed by atoms with van der Waals surface area (Å²) in [5.41, 5.74) is 4.68. The van der Waals surface area contributed by atoms with Crippen LogP contribution >= 0.6 is 22.7 Å². The van der Waals surface area contributed by atoms with E-state index in [1.54, 1.807) is 31.2 Å². The summed E-state index contributed by atoms with van der Waals surface area (Å²) >= 11 is 2.92. The standard InChI is InChI=1S/C33H30N2O6S4/c1-4-41-33(36)31-30(29-8-6-18-43-29)26-19-25(28-7-5-17-42-28)27(26)20-35(45(39,40)24-15-11-22(3)12-16-24)32(31)34-44(37,38)23-13-9-21(2)10-14-23/h5-18,31H,4,19-20H2,1-3H3/b34-32+. The Morgan fingerprint density at radius 1 is 0.822 bits per heavy atom. The molecule has 1 aliphatic carbocycles. The van der Waals surface area contributed by atoms with Crippen molar-refractivity contribution >= 4 is 65.7 Å². The summed E-state index contributed by atoms with van der Waals surface area (Å²) in [6, 6.07) is 20.0. The van der Waals surface area contributed by atoms with Crippen molar-refractivity contribution in [1.29, 1.82) is 0 Å². The normalized spacial score (nSPS) is 18.1. The van der Waals surface area contributed by atoms with Gasteiger partial charge in [-0.15, -0.1) is 27.1 Å². The van der Waals surface area contributed by atoms with Gasteiger partial charge >= 0.3 is 5.97 Å². The average molecular weight is 679 g/mol. The molecule has 8 nitrogen and oxygen atoms in total. The zero-order valence-corrected chi connectivity index (χ0v) is 28.0. The molecular weight excluding hydrogens is 649 g/mol. The molecule has 0 radical (unpaired) electrons. The Bertz CT molecular complexity index is 2060. The van der Waals surface area contributed by atoms with Gasteiger partial charge in [0, 0.05) is 9.75 Å². The quantitative estimate of drug-likeness (QED) is 0.192. The Kier molecular flexibility index (Phi) is 8.42. The van der Waals surface area contributed by atoms with Crippen LogP contribution in [0.15, 0.2) is 109 Å². The van der Waals surface area contributed by atoms with E-state index in [0.717, 1.165) is 37.0 Å². The first kappa shape index (κ1) is 31.2. The second-order valence-electron chi connectivity index (χ2n) is 10.7. The fraction of sp³-hybridized carbons (Fsp3) is 0.212. The Balaban J connectivity index is 1.68. The van der Waals surface area contributed by atoms with Crippen molar-refractivity contribution in [3.05, 3.63) is 116 Å². The molecule has 0 saturated carbocycles. The number of hydrogen-bond acceptors (Lipinski definition) is 8. The number of amidine groups is 1.